The summed E-state index contributed by atoms with van der Waals surface area (Å²) in [4.78, 5) is 0. The van der Waals surface area contributed by atoms with Gasteiger partial charge < -0.3 is 25.5 Å². The Morgan fingerprint density at radius 2 is 1.27 bits per heavy atom. The van der Waals surface area contributed by atoms with Crippen LogP contribution in [0, 0.1) is 0 Å². The molecule has 0 radical (unpaired) electrons. The molecule has 2 aromatic heterocycles. The fraction of sp³-hybridized carbons (Fsp3) is 0.467. The molecule has 4 aliphatic rings. The van der Waals surface area contributed by atoms with E-state index < -0.39 is 6.10 Å². The summed E-state index contributed by atoms with van der Waals surface area (Å²) >= 11 is 0. The van der Waals surface area contributed by atoms with E-state index >= 15 is 0 Å². The van der Waals surface area contributed by atoms with Crippen LogP contribution in [-0.2, 0) is 23.9 Å². The summed E-state index contributed by atoms with van der Waals surface area (Å²) < 4.78 is 3.07. The van der Waals surface area contributed by atoms with Crippen LogP contribution >= 0.6 is 0 Å². The third kappa shape index (κ3) is 3.22. The Labute approximate surface area is 217 Å². The minimum Gasteiger partial charge on any atom is -0.494 e. The van der Waals surface area contributed by atoms with Gasteiger partial charge in [0.25, 0.3) is 0 Å². The van der Waals surface area contributed by atoms with Crippen molar-refractivity contribution in [1.29, 1.82) is 0 Å². The molecule has 2 aromatic rings. The number of allylic oxidation sites excluding steroid dienone is 6. The van der Waals surface area contributed by atoms with Crippen molar-refractivity contribution in [2.75, 3.05) is 0 Å². The second-order valence-electron chi connectivity index (χ2n) is 11.4. The van der Waals surface area contributed by atoms with Crippen LogP contribution in [0.2, 0.25) is 0 Å². The van der Waals surface area contributed by atoms with Gasteiger partial charge in [-0.3, -0.25) is 9.13 Å². The highest BCUT2D eigenvalue weighted by Gasteiger charge is 2.51. The summed E-state index contributed by atoms with van der Waals surface area (Å²) in [6.45, 7) is 8.43. The Morgan fingerprint density at radius 3 is 1.76 bits per heavy atom. The van der Waals surface area contributed by atoms with Crippen LogP contribution in [-0.4, -0.2) is 40.8 Å². The molecule has 196 valence electrons. The molecule has 37 heavy (non-hydrogen) atoms. The molecule has 7 heteroatoms. The van der Waals surface area contributed by atoms with Gasteiger partial charge in [-0.05, 0) is 44.9 Å². The van der Waals surface area contributed by atoms with Crippen LogP contribution in [0.15, 0.2) is 49.6 Å². The zero-order chi connectivity index (χ0) is 26.1. The Hall–Kier alpha value is -3.32. The van der Waals surface area contributed by atoms with E-state index in [1.807, 2.05) is 12.2 Å². The van der Waals surface area contributed by atoms with Crippen molar-refractivity contribution < 1.29 is 25.5 Å². The van der Waals surface area contributed by atoms with Crippen molar-refractivity contribution in [1.82, 2.24) is 9.13 Å². The van der Waals surface area contributed by atoms with Crippen LogP contribution < -0.4 is 0 Å². The number of aromatic hydroxyl groups is 4. The molecule has 0 aromatic carbocycles. The molecule has 6 rings (SSSR count). The largest absolute Gasteiger partial charge is 0.494 e. The van der Waals surface area contributed by atoms with E-state index in [9.17, 15) is 25.5 Å². The second kappa shape index (κ2) is 8.35. The maximum atomic E-state index is 11.0. The van der Waals surface area contributed by atoms with Crippen molar-refractivity contribution in [2.24, 2.45) is 0 Å². The highest BCUT2D eigenvalue weighted by atomic mass is 16.3. The molecule has 0 fully saturated rings. The van der Waals surface area contributed by atoms with Crippen LogP contribution in [0.5, 0.6) is 23.5 Å². The lowest BCUT2D eigenvalue weighted by atomic mass is 9.81. The summed E-state index contributed by atoms with van der Waals surface area (Å²) in [6, 6.07) is 0. The third-order valence-electron chi connectivity index (χ3n) is 9.31. The molecule has 0 amide bonds. The van der Waals surface area contributed by atoms with Crippen molar-refractivity contribution in [3.63, 3.8) is 0 Å². The first kappa shape index (κ1) is 24.0. The molecular formula is C30H36N2O5. The van der Waals surface area contributed by atoms with Gasteiger partial charge in [0.2, 0.25) is 0 Å². The van der Waals surface area contributed by atoms with Gasteiger partial charge in [-0.25, -0.2) is 0 Å². The van der Waals surface area contributed by atoms with E-state index in [4.69, 9.17) is 0 Å². The maximum absolute atomic E-state index is 11.0. The average molecular weight is 505 g/mol. The van der Waals surface area contributed by atoms with Gasteiger partial charge in [-0.15, -0.1) is 13.2 Å². The molecule has 0 spiro atoms. The topological polar surface area (TPSA) is 111 Å². The van der Waals surface area contributed by atoms with Gasteiger partial charge in [-0.2, -0.15) is 0 Å². The minimum absolute atomic E-state index is 0.0850. The molecule has 0 saturated heterocycles. The van der Waals surface area contributed by atoms with E-state index in [-0.39, 0.29) is 46.2 Å². The number of nitrogens with zero attached hydrogens (tertiary/aromatic N) is 2. The lowest BCUT2D eigenvalue weighted by Gasteiger charge is -2.23. The molecule has 5 unspecified atom stereocenters. The first-order chi connectivity index (χ1) is 17.8. The van der Waals surface area contributed by atoms with Gasteiger partial charge in [0.05, 0.1) is 6.10 Å². The Balaban J connectivity index is 1.10. The van der Waals surface area contributed by atoms with Crippen molar-refractivity contribution in [3.8, 4) is 23.5 Å². The minimum atomic E-state index is -0.648. The lowest BCUT2D eigenvalue weighted by Crippen LogP contribution is -2.18. The molecule has 2 heterocycles. The number of hydrogen-bond donors (Lipinski definition) is 5. The highest BCUT2D eigenvalue weighted by Crippen LogP contribution is 2.62. The SMILES string of the molecule is C=CCC12C=CC(C1)c1c2c(O)n(CCCC(O)CCn2c(O)c3c(c2O)C2(CC=C)C=CC3C2)c1O. The van der Waals surface area contributed by atoms with Gasteiger partial charge in [0.15, 0.2) is 23.5 Å². The Kier molecular flexibility index (Phi) is 5.42. The average Bonchev–Trinajstić information content (AvgIpc) is 3.68. The molecule has 5 atom stereocenters. The van der Waals surface area contributed by atoms with Crippen molar-refractivity contribution in [3.05, 3.63) is 71.9 Å². The van der Waals surface area contributed by atoms with Gasteiger partial charge in [-0.1, -0.05) is 36.5 Å². The van der Waals surface area contributed by atoms with E-state index in [1.54, 1.807) is 4.57 Å². The molecule has 0 aliphatic heterocycles. The summed E-state index contributed by atoms with van der Waals surface area (Å²) in [5.41, 5.74) is 2.67. The van der Waals surface area contributed by atoms with Crippen molar-refractivity contribution in [2.45, 2.75) is 86.8 Å². The molecule has 4 bridgehead atoms. The quantitative estimate of drug-likeness (QED) is 0.274. The number of aliphatic hydroxyl groups excluding tert-OH is 1. The van der Waals surface area contributed by atoms with Gasteiger partial charge >= 0.3 is 0 Å². The molecule has 7 nitrogen and oxygen atoms in total. The predicted molar refractivity (Wildman–Crippen MR) is 141 cm³/mol. The first-order valence-electron chi connectivity index (χ1n) is 13.3. The smallest absolute Gasteiger partial charge is 0.198 e. The van der Waals surface area contributed by atoms with Gasteiger partial charge in [0, 0.05) is 58.0 Å². The van der Waals surface area contributed by atoms with Crippen LogP contribution in [0.25, 0.3) is 0 Å². The Morgan fingerprint density at radius 1 is 0.784 bits per heavy atom. The fourth-order valence-electron chi connectivity index (χ4n) is 7.69. The maximum Gasteiger partial charge on any atom is 0.198 e. The van der Waals surface area contributed by atoms with Crippen molar-refractivity contribution >= 4 is 0 Å². The van der Waals surface area contributed by atoms with Gasteiger partial charge in [0.1, 0.15) is 0 Å². The number of aliphatic hydroxyl groups is 1. The fourth-order valence-corrected chi connectivity index (χ4v) is 7.69. The first-order valence-corrected chi connectivity index (χ1v) is 13.3. The van der Waals surface area contributed by atoms with E-state index in [0.29, 0.717) is 38.8 Å². The van der Waals surface area contributed by atoms with E-state index in [0.717, 1.165) is 41.5 Å². The zero-order valence-electron chi connectivity index (χ0n) is 21.1. The highest BCUT2D eigenvalue weighted by molar-refractivity contribution is 5.63. The number of fused-ring (bicyclic) bond motifs is 10. The normalized spacial score (nSPS) is 28.7. The van der Waals surface area contributed by atoms with Crippen LogP contribution in [0.4, 0.5) is 0 Å². The van der Waals surface area contributed by atoms with Crippen LogP contribution in [0.1, 0.15) is 79.0 Å². The summed E-state index contributed by atoms with van der Waals surface area (Å²) in [5, 5.41) is 54.4. The summed E-state index contributed by atoms with van der Waals surface area (Å²) in [6.07, 6.45) is 16.1. The van der Waals surface area contributed by atoms with E-state index in [2.05, 4.69) is 37.5 Å². The zero-order valence-corrected chi connectivity index (χ0v) is 21.1. The predicted octanol–water partition coefficient (Wildman–Crippen LogP) is 5.09. The van der Waals surface area contributed by atoms with E-state index in [1.165, 1.54) is 4.57 Å². The number of rotatable bonds is 11. The standard InChI is InChI=1S/C30H36N2O5/c1-3-10-29-12-7-18(16-29)21-23(29)27(36)31(25(21)34)14-5-6-20(33)9-15-32-26(35)22-19-8-13-30(17-19,11-4-2)24(22)28(32)37/h3-4,7-8,12-13,18-20,33-37H,1-2,5-6,9-11,14-17H2. The van der Waals surface area contributed by atoms with Crippen LogP contribution in [0.3, 0.4) is 0 Å². The number of hydrogen-bond acceptors (Lipinski definition) is 5. The lowest BCUT2D eigenvalue weighted by molar-refractivity contribution is 0.141. The summed E-state index contributed by atoms with van der Waals surface area (Å²) in [7, 11) is 0. The molecular weight excluding hydrogens is 468 g/mol. The monoisotopic (exact) mass is 504 g/mol. The Bertz CT molecular complexity index is 1350. The third-order valence-corrected chi connectivity index (χ3v) is 9.31. The molecule has 4 aliphatic carbocycles. The number of aromatic nitrogens is 2. The summed E-state index contributed by atoms with van der Waals surface area (Å²) in [5.74, 6) is 0.633. The molecule has 5 N–H and O–H groups in total. The second-order valence-corrected chi connectivity index (χ2v) is 11.4. The molecule has 0 saturated carbocycles.